The molecular weight excluding hydrogens is 454 g/mol. The molecule has 1 aromatic carbocycles. The Morgan fingerprint density at radius 1 is 1.12 bits per heavy atom. The fourth-order valence-corrected chi connectivity index (χ4v) is 4.60. The number of pyridine rings is 2. The number of aromatic amines is 1. The van der Waals surface area contributed by atoms with Crippen LogP contribution in [-0.4, -0.2) is 39.7 Å². The highest BCUT2D eigenvalue weighted by atomic mass is 35.5. The molecule has 0 fully saturated rings. The first kappa shape index (κ1) is 20.3. The van der Waals surface area contributed by atoms with Crippen molar-refractivity contribution in [3.63, 3.8) is 0 Å². The van der Waals surface area contributed by atoms with Gasteiger partial charge in [0.15, 0.2) is 0 Å². The van der Waals surface area contributed by atoms with Crippen molar-refractivity contribution in [1.82, 2.24) is 39.7 Å². The minimum atomic E-state index is -0.176. The maximum absolute atomic E-state index is 13.3. The summed E-state index contributed by atoms with van der Waals surface area (Å²) in [5.41, 5.74) is 10.4. The number of nitrogens with two attached hydrogens (primary N) is 1. The van der Waals surface area contributed by atoms with Gasteiger partial charge >= 0.3 is 0 Å². The molecule has 1 atom stereocenters. The lowest BCUT2D eigenvalue weighted by molar-refractivity contribution is 0.572. The summed E-state index contributed by atoms with van der Waals surface area (Å²) in [6.07, 6.45) is 6.52. The van der Waals surface area contributed by atoms with Gasteiger partial charge in [0.25, 0.3) is 5.56 Å². The molecule has 0 bridgehead atoms. The molecule has 0 aliphatic carbocycles. The summed E-state index contributed by atoms with van der Waals surface area (Å²) in [6, 6.07) is 12.5. The van der Waals surface area contributed by atoms with Crippen molar-refractivity contribution in [3.8, 4) is 28.1 Å². The summed E-state index contributed by atoms with van der Waals surface area (Å²) in [7, 11) is 0. The molecular formula is C23H18ClN9O. The number of imidazole rings is 1. The SMILES string of the molecule is Nc1ccc(-c2c[nH]c(C3CCc4cc(-c5cc(Cl)ccc5-n5cnnn5)cc(=O)n43)n2)cn1. The van der Waals surface area contributed by atoms with E-state index in [2.05, 4.69) is 25.5 Å². The Labute approximate surface area is 198 Å². The Morgan fingerprint density at radius 3 is 2.82 bits per heavy atom. The van der Waals surface area contributed by atoms with E-state index < -0.39 is 0 Å². The molecule has 10 nitrogen and oxygen atoms in total. The van der Waals surface area contributed by atoms with E-state index in [4.69, 9.17) is 22.3 Å². The Kier molecular flexibility index (Phi) is 4.73. The molecule has 3 N–H and O–H groups in total. The fraction of sp³-hybridized carbons (Fsp3) is 0.130. The Morgan fingerprint density at radius 2 is 2.03 bits per heavy atom. The van der Waals surface area contributed by atoms with E-state index in [1.807, 2.05) is 30.5 Å². The zero-order valence-corrected chi connectivity index (χ0v) is 18.5. The number of fused-ring (bicyclic) bond motifs is 1. The van der Waals surface area contributed by atoms with E-state index >= 15 is 0 Å². The van der Waals surface area contributed by atoms with E-state index in [0.29, 0.717) is 10.8 Å². The van der Waals surface area contributed by atoms with Crippen molar-refractivity contribution in [2.24, 2.45) is 0 Å². The number of aromatic nitrogens is 8. The van der Waals surface area contributed by atoms with Crippen molar-refractivity contribution < 1.29 is 0 Å². The van der Waals surface area contributed by atoms with Crippen LogP contribution >= 0.6 is 11.6 Å². The summed E-state index contributed by atoms with van der Waals surface area (Å²) in [6.45, 7) is 0. The summed E-state index contributed by atoms with van der Waals surface area (Å²) in [5, 5.41) is 12.0. The van der Waals surface area contributed by atoms with E-state index in [0.717, 1.165) is 52.4 Å². The third-order valence-electron chi connectivity index (χ3n) is 5.99. The van der Waals surface area contributed by atoms with Gasteiger partial charge in [-0.05, 0) is 65.2 Å². The predicted octanol–water partition coefficient (Wildman–Crippen LogP) is 3.05. The van der Waals surface area contributed by atoms with E-state index in [1.54, 1.807) is 33.6 Å². The van der Waals surface area contributed by atoms with Gasteiger partial charge in [-0.2, -0.15) is 4.68 Å². The normalized spacial score (nSPS) is 14.9. The number of hydrogen-bond acceptors (Lipinski definition) is 7. The van der Waals surface area contributed by atoms with Gasteiger partial charge in [0.2, 0.25) is 0 Å². The van der Waals surface area contributed by atoms with Gasteiger partial charge in [0.1, 0.15) is 18.0 Å². The second-order valence-electron chi connectivity index (χ2n) is 8.06. The topological polar surface area (TPSA) is 133 Å². The van der Waals surface area contributed by atoms with E-state index in [9.17, 15) is 4.79 Å². The lowest BCUT2D eigenvalue weighted by Crippen LogP contribution is -2.23. The standard InChI is InChI=1S/C23H18ClN9O/c24-15-2-4-19(32-12-28-30-31-32)17(9-15)14-7-16-3-5-20(33(16)22(34)8-14)23-27-11-18(29-23)13-1-6-21(25)26-10-13/h1-2,4,6-12,20H,3,5H2,(H2,25,26)(H,27,29). The maximum atomic E-state index is 13.3. The number of aryl methyl sites for hydroxylation is 1. The second-order valence-corrected chi connectivity index (χ2v) is 8.49. The highest BCUT2D eigenvalue weighted by molar-refractivity contribution is 6.31. The number of rotatable bonds is 4. The highest BCUT2D eigenvalue weighted by Gasteiger charge is 2.28. The van der Waals surface area contributed by atoms with Gasteiger partial charge in [-0.25, -0.2) is 9.97 Å². The molecule has 5 heterocycles. The lowest BCUT2D eigenvalue weighted by atomic mass is 10.0. The number of nitrogens with zero attached hydrogens (tertiary/aromatic N) is 7. The Hall–Kier alpha value is -4.31. The molecule has 0 saturated heterocycles. The molecule has 1 aliphatic heterocycles. The number of benzene rings is 1. The number of halogens is 1. The molecule has 0 saturated carbocycles. The molecule has 11 heteroatoms. The zero-order chi connectivity index (χ0) is 23.2. The minimum Gasteiger partial charge on any atom is -0.384 e. The quantitative estimate of drug-likeness (QED) is 0.411. The largest absolute Gasteiger partial charge is 0.384 e. The summed E-state index contributed by atoms with van der Waals surface area (Å²) in [5.74, 6) is 1.19. The predicted molar refractivity (Wildman–Crippen MR) is 127 cm³/mol. The first-order valence-electron chi connectivity index (χ1n) is 10.6. The molecule has 0 amide bonds. The van der Waals surface area contributed by atoms with Crippen LogP contribution in [0.3, 0.4) is 0 Å². The van der Waals surface area contributed by atoms with Gasteiger partial charge < -0.3 is 15.3 Å². The van der Waals surface area contributed by atoms with Crippen LogP contribution < -0.4 is 11.3 Å². The van der Waals surface area contributed by atoms with Crippen LogP contribution in [0.25, 0.3) is 28.1 Å². The Balaban J connectivity index is 1.39. The Bertz CT molecular complexity index is 1550. The summed E-state index contributed by atoms with van der Waals surface area (Å²) >= 11 is 6.28. The highest BCUT2D eigenvalue weighted by Crippen LogP contribution is 2.34. The van der Waals surface area contributed by atoms with Crippen LogP contribution in [0.2, 0.25) is 5.02 Å². The smallest absolute Gasteiger partial charge is 0.252 e. The van der Waals surface area contributed by atoms with Crippen LogP contribution in [0.4, 0.5) is 5.82 Å². The molecule has 5 aromatic rings. The molecule has 1 aliphatic rings. The van der Waals surface area contributed by atoms with Crippen LogP contribution in [-0.2, 0) is 6.42 Å². The monoisotopic (exact) mass is 471 g/mol. The third kappa shape index (κ3) is 3.44. The summed E-state index contributed by atoms with van der Waals surface area (Å²) < 4.78 is 3.35. The number of anilines is 1. The first-order valence-corrected chi connectivity index (χ1v) is 11.0. The average molecular weight is 472 g/mol. The van der Waals surface area contributed by atoms with Crippen LogP contribution in [0.1, 0.15) is 24.0 Å². The maximum Gasteiger partial charge on any atom is 0.252 e. The number of nitrogens with one attached hydrogen (secondary N) is 1. The molecule has 168 valence electrons. The van der Waals surface area contributed by atoms with Crippen molar-refractivity contribution in [1.29, 1.82) is 0 Å². The van der Waals surface area contributed by atoms with Gasteiger partial charge in [-0.15, -0.1) is 5.10 Å². The van der Waals surface area contributed by atoms with Crippen LogP contribution in [0, 0.1) is 0 Å². The van der Waals surface area contributed by atoms with Crippen molar-refractivity contribution in [2.45, 2.75) is 18.9 Å². The lowest BCUT2D eigenvalue weighted by Gasteiger charge is -2.15. The summed E-state index contributed by atoms with van der Waals surface area (Å²) in [4.78, 5) is 25.4. The number of nitrogen functional groups attached to an aromatic ring is 1. The zero-order valence-electron chi connectivity index (χ0n) is 17.8. The first-order chi connectivity index (χ1) is 16.6. The second kappa shape index (κ2) is 7.92. The fourth-order valence-electron chi connectivity index (χ4n) is 4.43. The van der Waals surface area contributed by atoms with Crippen LogP contribution in [0.15, 0.2) is 66.0 Å². The van der Waals surface area contributed by atoms with Crippen molar-refractivity contribution in [3.05, 3.63) is 88.1 Å². The van der Waals surface area contributed by atoms with Crippen LogP contribution in [0.5, 0.6) is 0 Å². The van der Waals surface area contributed by atoms with E-state index in [1.165, 1.54) is 6.33 Å². The van der Waals surface area contributed by atoms with Crippen molar-refractivity contribution in [2.75, 3.05) is 5.73 Å². The number of H-pyrrole nitrogens is 1. The molecule has 34 heavy (non-hydrogen) atoms. The third-order valence-corrected chi connectivity index (χ3v) is 6.23. The molecule has 0 spiro atoms. The van der Waals surface area contributed by atoms with Gasteiger partial charge in [0, 0.05) is 40.3 Å². The van der Waals surface area contributed by atoms with Crippen molar-refractivity contribution >= 4 is 17.4 Å². The molecule has 4 aromatic heterocycles. The average Bonchev–Trinajstić information content (AvgIpc) is 3.60. The molecule has 1 unspecified atom stereocenters. The van der Waals surface area contributed by atoms with Gasteiger partial charge in [-0.1, -0.05) is 11.6 Å². The van der Waals surface area contributed by atoms with Gasteiger partial charge in [0.05, 0.1) is 17.4 Å². The van der Waals surface area contributed by atoms with Gasteiger partial charge in [-0.3, -0.25) is 4.79 Å². The minimum absolute atomic E-state index is 0.107. The number of tetrazole rings is 1. The van der Waals surface area contributed by atoms with E-state index in [-0.39, 0.29) is 11.6 Å². The number of hydrogen-bond donors (Lipinski definition) is 2. The molecule has 0 radical (unpaired) electrons. The molecule has 6 rings (SSSR count).